The highest BCUT2D eigenvalue weighted by Crippen LogP contribution is 2.08. The van der Waals surface area contributed by atoms with E-state index in [4.69, 9.17) is 0 Å². The second-order valence-corrected chi connectivity index (χ2v) is 4.77. The molecule has 0 aromatic carbocycles. The van der Waals surface area contributed by atoms with Crippen LogP contribution < -0.4 is 5.32 Å². The van der Waals surface area contributed by atoms with Gasteiger partial charge in [0.1, 0.15) is 0 Å². The van der Waals surface area contributed by atoms with Crippen molar-refractivity contribution in [3.8, 4) is 0 Å². The maximum atomic E-state index is 3.55. The Labute approximate surface area is 84.3 Å². The topological polar surface area (TPSA) is 12.0 Å². The van der Waals surface area contributed by atoms with Gasteiger partial charge in [-0.25, -0.2) is 0 Å². The molecule has 0 saturated heterocycles. The molecule has 0 rings (SSSR count). The van der Waals surface area contributed by atoms with Crippen LogP contribution in [0.25, 0.3) is 0 Å². The van der Waals surface area contributed by atoms with Crippen molar-refractivity contribution in [2.45, 2.75) is 47.5 Å². The number of nitrogens with one attached hydrogen (secondary N) is 1. The highest BCUT2D eigenvalue weighted by Gasteiger charge is 2.06. The summed E-state index contributed by atoms with van der Waals surface area (Å²) >= 11 is 0. The van der Waals surface area contributed by atoms with Crippen LogP contribution >= 0.6 is 0 Å². The van der Waals surface area contributed by atoms with Crippen molar-refractivity contribution in [1.82, 2.24) is 5.32 Å². The molecule has 0 aliphatic heterocycles. The molecule has 2 unspecified atom stereocenters. The summed E-state index contributed by atoms with van der Waals surface area (Å²) in [5.41, 5.74) is 0. The van der Waals surface area contributed by atoms with E-state index in [0.29, 0.717) is 0 Å². The molecule has 0 aliphatic carbocycles. The lowest BCUT2D eigenvalue weighted by Gasteiger charge is -2.18. The predicted molar refractivity (Wildman–Crippen MR) is 60.9 cm³/mol. The van der Waals surface area contributed by atoms with E-state index in [0.717, 1.165) is 17.8 Å². The van der Waals surface area contributed by atoms with E-state index in [1.807, 2.05) is 0 Å². The summed E-state index contributed by atoms with van der Waals surface area (Å²) in [7, 11) is 0. The van der Waals surface area contributed by atoms with E-state index >= 15 is 0 Å². The largest absolute Gasteiger partial charge is 0.316 e. The second kappa shape index (κ2) is 7.37. The van der Waals surface area contributed by atoms with Crippen molar-refractivity contribution in [2.75, 3.05) is 13.1 Å². The third-order valence-corrected chi connectivity index (χ3v) is 2.88. The molecule has 2 atom stereocenters. The monoisotopic (exact) mass is 185 g/mol. The van der Waals surface area contributed by atoms with Crippen molar-refractivity contribution in [3.05, 3.63) is 0 Å². The van der Waals surface area contributed by atoms with Crippen molar-refractivity contribution in [2.24, 2.45) is 17.8 Å². The molecule has 1 nitrogen and oxygen atoms in total. The molecule has 0 aliphatic rings. The molecule has 13 heavy (non-hydrogen) atoms. The van der Waals surface area contributed by atoms with Crippen LogP contribution in [-0.2, 0) is 0 Å². The maximum absolute atomic E-state index is 3.55. The van der Waals surface area contributed by atoms with Crippen molar-refractivity contribution in [3.63, 3.8) is 0 Å². The lowest BCUT2D eigenvalue weighted by atomic mass is 9.98. The Morgan fingerprint density at radius 1 is 1.00 bits per heavy atom. The lowest BCUT2D eigenvalue weighted by Crippen LogP contribution is -2.28. The van der Waals surface area contributed by atoms with Gasteiger partial charge in [-0.3, -0.25) is 0 Å². The molecular formula is C12H27N. The van der Waals surface area contributed by atoms with Gasteiger partial charge in [-0.1, -0.05) is 41.0 Å². The smallest absolute Gasteiger partial charge is 0.00206 e. The van der Waals surface area contributed by atoms with Crippen LogP contribution in [0, 0.1) is 17.8 Å². The number of hydrogen-bond donors (Lipinski definition) is 1. The highest BCUT2D eigenvalue weighted by atomic mass is 14.9. The van der Waals surface area contributed by atoms with Gasteiger partial charge in [0.25, 0.3) is 0 Å². The second-order valence-electron chi connectivity index (χ2n) is 4.77. The SMILES string of the molecule is CCCC(C)CNCC(C)C(C)C. The fourth-order valence-corrected chi connectivity index (χ4v) is 1.39. The first-order valence-corrected chi connectivity index (χ1v) is 5.78. The Morgan fingerprint density at radius 2 is 1.62 bits per heavy atom. The summed E-state index contributed by atoms with van der Waals surface area (Å²) in [5.74, 6) is 2.44. The van der Waals surface area contributed by atoms with Gasteiger partial charge < -0.3 is 5.32 Å². The molecule has 0 aromatic rings. The molecule has 1 heteroatoms. The third kappa shape index (κ3) is 7.06. The van der Waals surface area contributed by atoms with E-state index in [-0.39, 0.29) is 0 Å². The zero-order valence-electron chi connectivity index (χ0n) is 10.1. The van der Waals surface area contributed by atoms with Gasteiger partial charge in [-0.05, 0) is 37.3 Å². The van der Waals surface area contributed by atoms with Gasteiger partial charge in [0.15, 0.2) is 0 Å². The van der Waals surface area contributed by atoms with Crippen molar-refractivity contribution in [1.29, 1.82) is 0 Å². The van der Waals surface area contributed by atoms with Crippen molar-refractivity contribution >= 4 is 0 Å². The van der Waals surface area contributed by atoms with Gasteiger partial charge >= 0.3 is 0 Å². The third-order valence-electron chi connectivity index (χ3n) is 2.88. The van der Waals surface area contributed by atoms with Crippen molar-refractivity contribution < 1.29 is 0 Å². The van der Waals surface area contributed by atoms with Crippen LogP contribution in [0.4, 0.5) is 0 Å². The van der Waals surface area contributed by atoms with Crippen LogP contribution in [0.2, 0.25) is 0 Å². The average Bonchev–Trinajstić information content (AvgIpc) is 2.04. The fourth-order valence-electron chi connectivity index (χ4n) is 1.39. The number of rotatable bonds is 7. The fraction of sp³-hybridized carbons (Fsp3) is 1.00. The van der Waals surface area contributed by atoms with E-state index in [1.165, 1.54) is 25.9 Å². The quantitative estimate of drug-likeness (QED) is 0.641. The molecule has 0 spiro atoms. The summed E-state index contributed by atoms with van der Waals surface area (Å²) in [6, 6.07) is 0. The number of hydrogen-bond acceptors (Lipinski definition) is 1. The Bertz CT molecular complexity index is 110. The Hall–Kier alpha value is -0.0400. The summed E-state index contributed by atoms with van der Waals surface area (Å²) in [6.45, 7) is 13.9. The molecule has 0 heterocycles. The minimum atomic E-state index is 0.800. The van der Waals surface area contributed by atoms with Gasteiger partial charge in [0.2, 0.25) is 0 Å². The first-order chi connectivity index (χ1) is 6.07. The van der Waals surface area contributed by atoms with E-state index in [2.05, 4.69) is 39.9 Å². The van der Waals surface area contributed by atoms with Crippen LogP contribution in [0.15, 0.2) is 0 Å². The molecule has 0 saturated carbocycles. The van der Waals surface area contributed by atoms with E-state index < -0.39 is 0 Å². The maximum Gasteiger partial charge on any atom is -0.00206 e. The minimum Gasteiger partial charge on any atom is -0.316 e. The summed E-state index contributed by atoms with van der Waals surface area (Å²) < 4.78 is 0. The van der Waals surface area contributed by atoms with Gasteiger partial charge in [0, 0.05) is 0 Å². The standard InChI is InChI=1S/C12H27N/c1-6-7-11(4)8-13-9-12(5)10(2)3/h10-13H,6-9H2,1-5H3. The minimum absolute atomic E-state index is 0.800. The predicted octanol–water partition coefficient (Wildman–Crippen LogP) is 3.30. The van der Waals surface area contributed by atoms with Crippen LogP contribution in [0.5, 0.6) is 0 Å². The molecule has 1 N–H and O–H groups in total. The molecular weight excluding hydrogens is 158 g/mol. The first kappa shape index (κ1) is 13.0. The summed E-state index contributed by atoms with van der Waals surface area (Å²) in [4.78, 5) is 0. The normalized spacial score (nSPS) is 16.2. The molecule has 0 fully saturated rings. The molecule has 0 aromatic heterocycles. The molecule has 0 radical (unpaired) electrons. The van der Waals surface area contributed by atoms with Gasteiger partial charge in [-0.2, -0.15) is 0 Å². The zero-order valence-corrected chi connectivity index (χ0v) is 10.1. The average molecular weight is 185 g/mol. The highest BCUT2D eigenvalue weighted by molar-refractivity contribution is 4.62. The van der Waals surface area contributed by atoms with Gasteiger partial charge in [0.05, 0.1) is 0 Å². The first-order valence-electron chi connectivity index (χ1n) is 5.78. The molecule has 0 bridgehead atoms. The van der Waals surface area contributed by atoms with E-state index in [1.54, 1.807) is 0 Å². The van der Waals surface area contributed by atoms with Crippen LogP contribution in [0.3, 0.4) is 0 Å². The Balaban J connectivity index is 3.33. The Morgan fingerprint density at radius 3 is 2.08 bits per heavy atom. The molecule has 0 amide bonds. The van der Waals surface area contributed by atoms with E-state index in [9.17, 15) is 0 Å². The van der Waals surface area contributed by atoms with Gasteiger partial charge in [-0.15, -0.1) is 0 Å². The summed E-state index contributed by atoms with van der Waals surface area (Å²) in [5, 5.41) is 3.55. The summed E-state index contributed by atoms with van der Waals surface area (Å²) in [6.07, 6.45) is 2.66. The lowest BCUT2D eigenvalue weighted by molar-refractivity contribution is 0.372. The van der Waals surface area contributed by atoms with Crippen LogP contribution in [0.1, 0.15) is 47.5 Å². The van der Waals surface area contributed by atoms with Crippen LogP contribution in [-0.4, -0.2) is 13.1 Å². The molecule has 80 valence electrons. The Kier molecular flexibility index (Phi) is 7.35. The zero-order chi connectivity index (χ0) is 10.3.